The van der Waals surface area contributed by atoms with Gasteiger partial charge in [-0.15, -0.1) is 6.42 Å². The van der Waals surface area contributed by atoms with Crippen molar-refractivity contribution in [3.63, 3.8) is 0 Å². The van der Waals surface area contributed by atoms with Gasteiger partial charge in [-0.25, -0.2) is 9.18 Å². The van der Waals surface area contributed by atoms with Gasteiger partial charge in [-0.1, -0.05) is 5.92 Å². The fourth-order valence-corrected chi connectivity index (χ4v) is 2.11. The van der Waals surface area contributed by atoms with Gasteiger partial charge in [0.1, 0.15) is 18.0 Å². The number of anilines is 1. The molecule has 1 aromatic rings. The molecule has 0 saturated carbocycles. The molecule has 1 fully saturated rings. The first-order valence-electron chi connectivity index (χ1n) is 5.84. The normalized spacial score (nSPS) is 34.6. The summed E-state index contributed by atoms with van der Waals surface area (Å²) in [6.45, 7) is 1.32. The average Bonchev–Trinajstić information content (AvgIpc) is 2.64. The number of nitrogen functional groups attached to an aromatic ring is 1. The molecule has 1 unspecified atom stereocenters. The van der Waals surface area contributed by atoms with Crippen molar-refractivity contribution >= 4 is 5.82 Å². The summed E-state index contributed by atoms with van der Waals surface area (Å²) in [7, 11) is 0. The summed E-state index contributed by atoms with van der Waals surface area (Å²) in [5.41, 5.74) is 1.81. The maximum Gasteiger partial charge on any atom is 0.351 e. The number of nitrogens with zero attached hydrogens (tertiary/aromatic N) is 2. The van der Waals surface area contributed by atoms with Crippen molar-refractivity contribution in [2.45, 2.75) is 37.1 Å². The Kier molecular flexibility index (Phi) is 3.52. The van der Waals surface area contributed by atoms with Gasteiger partial charge in [0, 0.05) is 6.20 Å². The first-order chi connectivity index (χ1) is 9.31. The van der Waals surface area contributed by atoms with E-state index in [4.69, 9.17) is 16.9 Å². The third-order valence-corrected chi connectivity index (χ3v) is 3.19. The third kappa shape index (κ3) is 2.06. The molecule has 108 valence electrons. The SMILES string of the molecule is C#C[C@@]1(F)C(O)[C@@H]([C@H](C)O)O[C@H]1n1ccc(N)nc1=O. The van der Waals surface area contributed by atoms with Gasteiger partial charge >= 0.3 is 5.69 Å². The highest BCUT2D eigenvalue weighted by Gasteiger charge is 2.58. The number of aromatic nitrogens is 2. The van der Waals surface area contributed by atoms with Crippen LogP contribution in [0.1, 0.15) is 13.2 Å². The van der Waals surface area contributed by atoms with E-state index in [1.54, 1.807) is 5.92 Å². The van der Waals surface area contributed by atoms with Gasteiger partial charge < -0.3 is 20.7 Å². The van der Waals surface area contributed by atoms with Gasteiger partial charge in [0.2, 0.25) is 5.67 Å². The number of ether oxygens (including phenoxy) is 1. The molecule has 1 aliphatic heterocycles. The second kappa shape index (κ2) is 4.86. The molecule has 20 heavy (non-hydrogen) atoms. The van der Waals surface area contributed by atoms with E-state index in [1.165, 1.54) is 13.0 Å². The van der Waals surface area contributed by atoms with Crippen molar-refractivity contribution in [2.75, 3.05) is 5.73 Å². The predicted octanol–water partition coefficient (Wildman–Crippen LogP) is -1.19. The highest BCUT2D eigenvalue weighted by molar-refractivity contribution is 5.25. The van der Waals surface area contributed by atoms with Crippen LogP contribution >= 0.6 is 0 Å². The maximum atomic E-state index is 14.7. The maximum absolute atomic E-state index is 14.7. The highest BCUT2D eigenvalue weighted by atomic mass is 19.1. The third-order valence-electron chi connectivity index (χ3n) is 3.19. The molecule has 2 heterocycles. The number of terminal acetylenes is 1. The number of rotatable bonds is 2. The first kappa shape index (κ1) is 14.5. The fourth-order valence-electron chi connectivity index (χ4n) is 2.11. The van der Waals surface area contributed by atoms with Crippen LogP contribution < -0.4 is 11.4 Å². The van der Waals surface area contributed by atoms with Crippen molar-refractivity contribution < 1.29 is 19.3 Å². The minimum absolute atomic E-state index is 0.0398. The quantitative estimate of drug-likeness (QED) is 0.588. The molecule has 1 saturated heterocycles. The molecule has 1 aliphatic rings. The second-order valence-electron chi connectivity index (χ2n) is 4.59. The van der Waals surface area contributed by atoms with E-state index in [-0.39, 0.29) is 5.82 Å². The zero-order valence-electron chi connectivity index (χ0n) is 10.6. The number of alkyl halides is 1. The largest absolute Gasteiger partial charge is 0.391 e. The van der Waals surface area contributed by atoms with Crippen LogP contribution in [0, 0.1) is 12.3 Å². The monoisotopic (exact) mass is 283 g/mol. The Morgan fingerprint density at radius 3 is 2.90 bits per heavy atom. The summed E-state index contributed by atoms with van der Waals surface area (Å²) in [4.78, 5) is 15.2. The number of hydrogen-bond donors (Lipinski definition) is 3. The van der Waals surface area contributed by atoms with Gasteiger partial charge in [-0.2, -0.15) is 4.98 Å². The van der Waals surface area contributed by atoms with Crippen molar-refractivity contribution in [3.05, 3.63) is 22.7 Å². The average molecular weight is 283 g/mol. The molecule has 1 aromatic heterocycles. The van der Waals surface area contributed by atoms with E-state index in [9.17, 15) is 19.4 Å². The Morgan fingerprint density at radius 1 is 1.75 bits per heavy atom. The molecule has 0 aromatic carbocycles. The molecule has 2 rings (SSSR count). The van der Waals surface area contributed by atoms with E-state index in [1.807, 2.05) is 0 Å². The lowest BCUT2D eigenvalue weighted by molar-refractivity contribution is -0.0802. The zero-order chi connectivity index (χ0) is 15.1. The lowest BCUT2D eigenvalue weighted by atomic mass is 9.95. The molecule has 0 aliphatic carbocycles. The Hall–Kier alpha value is -1.95. The van der Waals surface area contributed by atoms with Crippen molar-refractivity contribution in [1.29, 1.82) is 0 Å². The van der Waals surface area contributed by atoms with Gasteiger partial charge in [-0.3, -0.25) is 4.57 Å². The summed E-state index contributed by atoms with van der Waals surface area (Å²) in [5.74, 6) is 1.75. The van der Waals surface area contributed by atoms with Crippen LogP contribution in [-0.4, -0.2) is 43.7 Å². The molecule has 8 heteroatoms. The van der Waals surface area contributed by atoms with Gasteiger partial charge in [-0.05, 0) is 13.0 Å². The van der Waals surface area contributed by atoms with Gasteiger partial charge in [0.05, 0.1) is 6.10 Å². The molecule has 0 bridgehead atoms. The fraction of sp³-hybridized carbons (Fsp3) is 0.500. The van der Waals surface area contributed by atoms with Crippen LogP contribution in [0.2, 0.25) is 0 Å². The van der Waals surface area contributed by atoms with E-state index < -0.39 is 35.9 Å². The van der Waals surface area contributed by atoms with Crippen molar-refractivity contribution in [1.82, 2.24) is 9.55 Å². The number of nitrogens with two attached hydrogens (primary N) is 1. The topological polar surface area (TPSA) is 111 Å². The van der Waals surface area contributed by atoms with Crippen LogP contribution in [-0.2, 0) is 4.74 Å². The molecule has 0 radical (unpaired) electrons. The Balaban J connectivity index is 2.50. The summed E-state index contributed by atoms with van der Waals surface area (Å²) in [6, 6.07) is 1.27. The van der Waals surface area contributed by atoms with Gasteiger partial charge in [0.25, 0.3) is 0 Å². The first-order valence-corrected chi connectivity index (χ1v) is 5.84. The summed E-state index contributed by atoms with van der Waals surface area (Å²) < 4.78 is 20.7. The number of halogens is 1. The van der Waals surface area contributed by atoms with Crippen LogP contribution in [0.3, 0.4) is 0 Å². The molecular formula is C12H14FN3O4. The Labute approximate surface area is 113 Å². The molecule has 7 nitrogen and oxygen atoms in total. The number of aliphatic hydroxyl groups excluding tert-OH is 2. The molecular weight excluding hydrogens is 269 g/mol. The molecule has 0 amide bonds. The molecule has 4 N–H and O–H groups in total. The van der Waals surface area contributed by atoms with Crippen LogP contribution in [0.25, 0.3) is 0 Å². The Morgan fingerprint density at radius 2 is 2.40 bits per heavy atom. The lowest BCUT2D eigenvalue weighted by Gasteiger charge is -2.23. The number of aliphatic hydroxyl groups is 2. The van der Waals surface area contributed by atoms with E-state index in [0.29, 0.717) is 0 Å². The Bertz CT molecular complexity index is 611. The lowest BCUT2D eigenvalue weighted by Crippen LogP contribution is -2.45. The zero-order valence-corrected chi connectivity index (χ0v) is 10.6. The summed E-state index contributed by atoms with van der Waals surface area (Å²) >= 11 is 0. The van der Waals surface area contributed by atoms with Crippen molar-refractivity contribution in [2.24, 2.45) is 0 Å². The second-order valence-corrected chi connectivity index (χ2v) is 4.59. The summed E-state index contributed by atoms with van der Waals surface area (Å²) in [6.07, 6.45) is 0.486. The molecule has 5 atom stereocenters. The van der Waals surface area contributed by atoms with E-state index >= 15 is 0 Å². The van der Waals surface area contributed by atoms with E-state index in [2.05, 4.69) is 4.98 Å². The van der Waals surface area contributed by atoms with Crippen LogP contribution in [0.4, 0.5) is 10.2 Å². The van der Waals surface area contributed by atoms with Gasteiger partial charge in [0.15, 0.2) is 6.23 Å². The predicted molar refractivity (Wildman–Crippen MR) is 67.2 cm³/mol. The minimum Gasteiger partial charge on any atom is -0.391 e. The standard InChI is InChI=1S/C12H14FN3O4/c1-3-12(13)9(18)8(6(2)17)20-10(12)16-5-4-7(14)15-11(16)19/h1,4-6,8-10,17-18H,2H3,(H2,14,15,19)/t6-,8+,9?,10+,12+/m0/s1. The number of hydrogen-bond acceptors (Lipinski definition) is 6. The van der Waals surface area contributed by atoms with Crippen LogP contribution in [0.5, 0.6) is 0 Å². The minimum atomic E-state index is -2.66. The smallest absolute Gasteiger partial charge is 0.351 e. The van der Waals surface area contributed by atoms with Crippen LogP contribution in [0.15, 0.2) is 17.1 Å². The highest BCUT2D eigenvalue weighted by Crippen LogP contribution is 2.41. The summed E-state index contributed by atoms with van der Waals surface area (Å²) in [5, 5.41) is 19.4. The van der Waals surface area contributed by atoms with Crippen molar-refractivity contribution in [3.8, 4) is 12.3 Å². The molecule has 0 spiro atoms. The van der Waals surface area contributed by atoms with E-state index in [0.717, 1.165) is 10.8 Å².